The maximum atomic E-state index is 10.2. The monoisotopic (exact) mass is 230 g/mol. The number of nitrogens with two attached hydrogens (primary N) is 1. The number of pyridine rings is 1. The first-order valence-corrected chi connectivity index (χ1v) is 5.48. The SMILES string of the molecule is Cc1ccc(N)c(C)c1C.O=c1cccc[nH]1. The van der Waals surface area contributed by atoms with Gasteiger partial charge in [0.05, 0.1) is 0 Å². The van der Waals surface area contributed by atoms with Gasteiger partial charge in [0, 0.05) is 18.0 Å². The van der Waals surface area contributed by atoms with Crippen LogP contribution in [0.15, 0.2) is 41.3 Å². The molecule has 1 heterocycles. The smallest absolute Gasteiger partial charge is 0.247 e. The summed E-state index contributed by atoms with van der Waals surface area (Å²) in [6.45, 7) is 6.25. The molecule has 0 aliphatic carbocycles. The number of aromatic amines is 1. The summed E-state index contributed by atoms with van der Waals surface area (Å²) in [5, 5.41) is 0. The van der Waals surface area contributed by atoms with Crippen LogP contribution in [0.5, 0.6) is 0 Å². The molecular weight excluding hydrogens is 212 g/mol. The first kappa shape index (κ1) is 13.0. The molecule has 0 radical (unpaired) electrons. The fraction of sp³-hybridized carbons (Fsp3) is 0.214. The zero-order valence-electron chi connectivity index (χ0n) is 10.4. The van der Waals surface area contributed by atoms with Gasteiger partial charge in [-0.1, -0.05) is 12.1 Å². The zero-order chi connectivity index (χ0) is 12.8. The number of hydrogen-bond donors (Lipinski definition) is 2. The van der Waals surface area contributed by atoms with E-state index in [1.54, 1.807) is 18.3 Å². The van der Waals surface area contributed by atoms with Gasteiger partial charge in [0.15, 0.2) is 0 Å². The van der Waals surface area contributed by atoms with Crippen LogP contribution in [0.1, 0.15) is 16.7 Å². The van der Waals surface area contributed by atoms with Crippen LogP contribution in [0.25, 0.3) is 0 Å². The standard InChI is InChI=1S/C9H13N.C5H5NO/c1-6-4-5-9(10)8(3)7(6)2;7-5-3-1-2-4-6-5/h4-5H,10H2,1-3H3;1-4H,(H,6,7). The summed E-state index contributed by atoms with van der Waals surface area (Å²) in [6, 6.07) is 8.94. The average molecular weight is 230 g/mol. The summed E-state index contributed by atoms with van der Waals surface area (Å²) in [5.74, 6) is 0. The van der Waals surface area contributed by atoms with Crippen LogP contribution in [0.3, 0.4) is 0 Å². The number of nitrogens with one attached hydrogen (secondary N) is 1. The van der Waals surface area contributed by atoms with E-state index in [9.17, 15) is 4.79 Å². The second kappa shape index (κ2) is 5.89. The molecule has 0 saturated carbocycles. The molecular formula is C14H18N2O. The third kappa shape index (κ3) is 3.79. The Bertz CT molecular complexity index is 500. The van der Waals surface area contributed by atoms with E-state index in [1.165, 1.54) is 22.8 Å². The van der Waals surface area contributed by atoms with E-state index in [0.717, 1.165) is 5.69 Å². The molecule has 3 heteroatoms. The summed E-state index contributed by atoms with van der Waals surface area (Å²) < 4.78 is 0. The van der Waals surface area contributed by atoms with Crippen molar-refractivity contribution in [3.8, 4) is 0 Å². The van der Waals surface area contributed by atoms with Crippen LogP contribution >= 0.6 is 0 Å². The van der Waals surface area contributed by atoms with Gasteiger partial charge in [-0.15, -0.1) is 0 Å². The number of nitrogen functional groups attached to an aromatic ring is 1. The molecule has 0 fully saturated rings. The lowest BCUT2D eigenvalue weighted by atomic mass is 10.0. The van der Waals surface area contributed by atoms with E-state index in [2.05, 4.69) is 31.8 Å². The molecule has 0 spiro atoms. The van der Waals surface area contributed by atoms with Gasteiger partial charge < -0.3 is 10.7 Å². The van der Waals surface area contributed by atoms with Crippen LogP contribution in [0.2, 0.25) is 0 Å². The maximum absolute atomic E-state index is 10.2. The van der Waals surface area contributed by atoms with Crippen molar-refractivity contribution >= 4 is 5.69 Å². The normalized spacial score (nSPS) is 9.35. The molecule has 0 aliphatic rings. The minimum atomic E-state index is -0.0532. The molecule has 90 valence electrons. The fourth-order valence-electron chi connectivity index (χ4n) is 1.35. The van der Waals surface area contributed by atoms with Crippen LogP contribution in [0.4, 0.5) is 5.69 Å². The Morgan fingerprint density at radius 2 is 1.71 bits per heavy atom. The second-order valence-corrected chi connectivity index (χ2v) is 3.95. The van der Waals surface area contributed by atoms with E-state index < -0.39 is 0 Å². The second-order valence-electron chi connectivity index (χ2n) is 3.95. The van der Waals surface area contributed by atoms with E-state index in [-0.39, 0.29) is 5.56 Å². The zero-order valence-corrected chi connectivity index (χ0v) is 10.4. The number of benzene rings is 1. The highest BCUT2D eigenvalue weighted by atomic mass is 16.1. The summed E-state index contributed by atoms with van der Waals surface area (Å²) in [6.07, 6.45) is 1.60. The lowest BCUT2D eigenvalue weighted by molar-refractivity contribution is 1.24. The van der Waals surface area contributed by atoms with Crippen molar-refractivity contribution in [1.82, 2.24) is 4.98 Å². The van der Waals surface area contributed by atoms with Crippen LogP contribution in [-0.4, -0.2) is 4.98 Å². The summed E-state index contributed by atoms with van der Waals surface area (Å²) in [4.78, 5) is 12.7. The van der Waals surface area contributed by atoms with Crippen molar-refractivity contribution in [2.24, 2.45) is 0 Å². The number of hydrogen-bond acceptors (Lipinski definition) is 2. The lowest BCUT2D eigenvalue weighted by Gasteiger charge is -2.05. The highest BCUT2D eigenvalue weighted by Gasteiger charge is 1.98. The molecule has 0 atom stereocenters. The minimum Gasteiger partial charge on any atom is -0.399 e. The number of H-pyrrole nitrogens is 1. The number of anilines is 1. The Hall–Kier alpha value is -2.03. The van der Waals surface area contributed by atoms with Gasteiger partial charge in [-0.2, -0.15) is 0 Å². The first-order valence-electron chi connectivity index (χ1n) is 5.48. The molecule has 1 aromatic carbocycles. The molecule has 0 unspecified atom stereocenters. The van der Waals surface area contributed by atoms with E-state index >= 15 is 0 Å². The van der Waals surface area contributed by atoms with Crippen molar-refractivity contribution in [2.45, 2.75) is 20.8 Å². The van der Waals surface area contributed by atoms with Gasteiger partial charge in [-0.25, -0.2) is 0 Å². The quantitative estimate of drug-likeness (QED) is 0.683. The van der Waals surface area contributed by atoms with E-state index in [0.29, 0.717) is 0 Å². The molecule has 0 bridgehead atoms. The minimum absolute atomic E-state index is 0.0532. The molecule has 2 rings (SSSR count). The highest BCUT2D eigenvalue weighted by Crippen LogP contribution is 2.17. The molecule has 2 aromatic rings. The van der Waals surface area contributed by atoms with Crippen molar-refractivity contribution in [1.29, 1.82) is 0 Å². The van der Waals surface area contributed by atoms with E-state index in [1.807, 2.05) is 6.07 Å². The average Bonchev–Trinajstić information content (AvgIpc) is 2.33. The Labute approximate surface area is 101 Å². The van der Waals surface area contributed by atoms with E-state index in [4.69, 9.17) is 5.73 Å². The third-order valence-corrected chi connectivity index (χ3v) is 2.78. The van der Waals surface area contributed by atoms with Crippen LogP contribution < -0.4 is 11.3 Å². The Kier molecular flexibility index (Phi) is 4.52. The summed E-state index contributed by atoms with van der Waals surface area (Å²) in [7, 11) is 0. The Balaban J connectivity index is 0.000000181. The summed E-state index contributed by atoms with van der Waals surface area (Å²) in [5.41, 5.74) is 10.4. The topological polar surface area (TPSA) is 58.9 Å². The molecule has 3 N–H and O–H groups in total. The van der Waals surface area contributed by atoms with Crippen LogP contribution in [0, 0.1) is 20.8 Å². The van der Waals surface area contributed by atoms with Gasteiger partial charge in [-0.3, -0.25) is 4.79 Å². The number of rotatable bonds is 0. The van der Waals surface area contributed by atoms with Gasteiger partial charge >= 0.3 is 0 Å². The van der Waals surface area contributed by atoms with Gasteiger partial charge in [0.25, 0.3) is 0 Å². The van der Waals surface area contributed by atoms with Gasteiger partial charge in [0.2, 0.25) is 5.56 Å². The van der Waals surface area contributed by atoms with Crippen molar-refractivity contribution in [2.75, 3.05) is 5.73 Å². The molecule has 3 nitrogen and oxygen atoms in total. The fourth-order valence-corrected chi connectivity index (χ4v) is 1.35. The van der Waals surface area contributed by atoms with Gasteiger partial charge in [0.1, 0.15) is 0 Å². The molecule has 17 heavy (non-hydrogen) atoms. The molecule has 0 aliphatic heterocycles. The first-order chi connectivity index (χ1) is 8.02. The van der Waals surface area contributed by atoms with Crippen LogP contribution in [-0.2, 0) is 0 Å². The van der Waals surface area contributed by atoms with Gasteiger partial charge in [-0.05, 0) is 49.6 Å². The maximum Gasteiger partial charge on any atom is 0.247 e. The molecule has 0 saturated heterocycles. The largest absolute Gasteiger partial charge is 0.399 e. The number of aromatic nitrogens is 1. The predicted octanol–water partition coefficient (Wildman–Crippen LogP) is 2.57. The number of aryl methyl sites for hydroxylation is 1. The van der Waals surface area contributed by atoms with Crippen molar-refractivity contribution in [3.05, 3.63) is 63.6 Å². The highest BCUT2D eigenvalue weighted by molar-refractivity contribution is 5.52. The van der Waals surface area contributed by atoms with Crippen molar-refractivity contribution in [3.63, 3.8) is 0 Å². The lowest BCUT2D eigenvalue weighted by Crippen LogP contribution is -1.98. The molecule has 0 amide bonds. The Morgan fingerprint density at radius 3 is 2.12 bits per heavy atom. The summed E-state index contributed by atoms with van der Waals surface area (Å²) >= 11 is 0. The third-order valence-electron chi connectivity index (χ3n) is 2.78. The molecule has 1 aromatic heterocycles. The predicted molar refractivity (Wildman–Crippen MR) is 72.1 cm³/mol. The Morgan fingerprint density at radius 1 is 1.00 bits per heavy atom. The van der Waals surface area contributed by atoms with Crippen molar-refractivity contribution < 1.29 is 0 Å².